The number of rotatable bonds is 4. The Labute approximate surface area is 230 Å². The summed E-state index contributed by atoms with van der Waals surface area (Å²) in [6, 6.07) is 9.09. The van der Waals surface area contributed by atoms with Crippen molar-refractivity contribution in [1.82, 2.24) is 15.5 Å². The highest BCUT2D eigenvalue weighted by Crippen LogP contribution is 2.40. The minimum Gasteiger partial charge on any atom is -0.444 e. The van der Waals surface area contributed by atoms with Gasteiger partial charge in [-0.25, -0.2) is 9.18 Å². The Morgan fingerprint density at radius 2 is 1.89 bits per heavy atom. The van der Waals surface area contributed by atoms with Crippen LogP contribution in [0.1, 0.15) is 53.0 Å². The number of halogens is 2. The fraction of sp³-hybridized carbons (Fsp3) is 0.407. The fourth-order valence-electron chi connectivity index (χ4n) is 3.72. The van der Waals surface area contributed by atoms with Crippen molar-refractivity contribution in [3.8, 4) is 11.4 Å². The highest BCUT2D eigenvalue weighted by Gasteiger charge is 2.34. The van der Waals surface area contributed by atoms with Crippen LogP contribution in [0.2, 0.25) is 5.02 Å². The summed E-state index contributed by atoms with van der Waals surface area (Å²) < 4.78 is 26.1. The molecule has 1 aromatic heterocycles. The normalized spacial score (nSPS) is 16.2. The van der Waals surface area contributed by atoms with Crippen molar-refractivity contribution >= 4 is 41.1 Å². The van der Waals surface area contributed by atoms with E-state index in [-0.39, 0.29) is 29.6 Å². The second-order valence-electron chi connectivity index (χ2n) is 11.0. The van der Waals surface area contributed by atoms with E-state index in [9.17, 15) is 9.59 Å². The second kappa shape index (κ2) is 10.6. The molecule has 0 radical (unpaired) electrons. The van der Waals surface area contributed by atoms with Crippen LogP contribution in [0, 0.1) is 5.82 Å². The van der Waals surface area contributed by atoms with Gasteiger partial charge in [-0.2, -0.15) is 4.98 Å². The number of aromatic nitrogens is 2. The van der Waals surface area contributed by atoms with Gasteiger partial charge in [0.05, 0.1) is 17.8 Å². The smallest absolute Gasteiger partial charge is 0.408 e. The van der Waals surface area contributed by atoms with Crippen LogP contribution < -0.4 is 10.2 Å². The van der Waals surface area contributed by atoms with Crippen molar-refractivity contribution < 1.29 is 23.2 Å². The number of fused-ring (bicyclic) bond motifs is 1. The average molecular weight is 561 g/mol. The summed E-state index contributed by atoms with van der Waals surface area (Å²) in [7, 11) is 0. The summed E-state index contributed by atoms with van der Waals surface area (Å²) in [5.41, 5.74) is 0.237. The van der Waals surface area contributed by atoms with Gasteiger partial charge < -0.3 is 19.5 Å². The first-order chi connectivity index (χ1) is 17.7. The Morgan fingerprint density at radius 3 is 2.50 bits per heavy atom. The Balaban J connectivity index is 1.75. The minimum absolute atomic E-state index is 0.0896. The number of hydrogen-bond donors (Lipinski definition) is 1. The topological polar surface area (TPSA) is 97.6 Å². The molecule has 0 unspecified atom stereocenters. The lowest BCUT2D eigenvalue weighted by Gasteiger charge is -2.27. The molecule has 2 heterocycles. The number of benzene rings is 2. The minimum atomic E-state index is -0.904. The first-order valence-electron chi connectivity index (χ1n) is 12.1. The van der Waals surface area contributed by atoms with E-state index in [0.29, 0.717) is 21.5 Å². The second-order valence-corrected chi connectivity index (χ2v) is 12.5. The Bertz CT molecular complexity index is 1350. The van der Waals surface area contributed by atoms with Crippen molar-refractivity contribution in [2.24, 2.45) is 0 Å². The molecule has 0 fully saturated rings. The number of nitrogens with one attached hydrogen (secondary N) is 1. The molecule has 1 aliphatic heterocycles. The summed E-state index contributed by atoms with van der Waals surface area (Å²) in [6.45, 7) is 11.1. The quantitative estimate of drug-likeness (QED) is 0.396. The molecular formula is C27H30ClFN4O4S. The van der Waals surface area contributed by atoms with E-state index in [0.717, 1.165) is 5.56 Å². The monoisotopic (exact) mass is 560 g/mol. The lowest BCUT2D eigenvalue weighted by Crippen LogP contribution is -2.50. The molecule has 3 aromatic rings. The summed E-state index contributed by atoms with van der Waals surface area (Å²) in [5, 5.41) is 7.23. The van der Waals surface area contributed by atoms with E-state index in [4.69, 9.17) is 20.9 Å². The third-order valence-electron chi connectivity index (χ3n) is 5.56. The number of ether oxygens (including phenoxy) is 1. The fourth-order valence-corrected chi connectivity index (χ4v) is 4.92. The molecule has 2 amide bonds. The average Bonchev–Trinajstić information content (AvgIpc) is 3.27. The number of hydrogen-bond acceptors (Lipinski definition) is 7. The molecule has 4 rings (SSSR count). The zero-order valence-corrected chi connectivity index (χ0v) is 23.7. The molecule has 1 atom stereocenters. The summed E-state index contributed by atoms with van der Waals surface area (Å²) in [6.07, 6.45) is -0.706. The molecule has 8 nitrogen and oxygen atoms in total. The lowest BCUT2D eigenvalue weighted by atomic mass is 9.97. The number of nitrogens with zero attached hydrogens (tertiary/aromatic N) is 3. The standard InChI is InChI=1S/C27H30ClFN4O4S/c1-26(2,3)24-31-22(32-37-24)17-11-20-21(12-18(17)29)38-14-19(30-25(35)36-27(4,5)6)23(34)33(20)13-15-7-9-16(28)10-8-15/h7-12,19H,13-14H2,1-6H3,(H,30,35)/t19-/m0/s1. The Hall–Kier alpha value is -3.11. The zero-order valence-electron chi connectivity index (χ0n) is 22.1. The van der Waals surface area contributed by atoms with E-state index in [2.05, 4.69) is 15.5 Å². The van der Waals surface area contributed by atoms with Crippen LogP contribution in [0.3, 0.4) is 0 Å². The number of thioether (sulfide) groups is 1. The van der Waals surface area contributed by atoms with Gasteiger partial charge in [0.25, 0.3) is 5.91 Å². The van der Waals surface area contributed by atoms with Gasteiger partial charge >= 0.3 is 6.09 Å². The number of carbonyl (C=O) groups excluding carboxylic acids is 2. The summed E-state index contributed by atoms with van der Waals surface area (Å²) in [4.78, 5) is 32.8. The van der Waals surface area contributed by atoms with E-state index >= 15 is 4.39 Å². The molecular weight excluding hydrogens is 531 g/mol. The van der Waals surface area contributed by atoms with Crippen LogP contribution >= 0.6 is 23.4 Å². The van der Waals surface area contributed by atoms with Crippen molar-refractivity contribution in [3.63, 3.8) is 0 Å². The number of amides is 2. The van der Waals surface area contributed by atoms with Gasteiger partial charge in [-0.05, 0) is 50.6 Å². The maximum atomic E-state index is 15.3. The van der Waals surface area contributed by atoms with Crippen LogP contribution in [0.25, 0.3) is 11.4 Å². The predicted octanol–water partition coefficient (Wildman–Crippen LogP) is 6.36. The molecule has 0 aliphatic carbocycles. The predicted molar refractivity (Wildman–Crippen MR) is 145 cm³/mol. The number of anilines is 1. The number of carbonyl (C=O) groups is 2. The molecule has 0 saturated carbocycles. The van der Waals surface area contributed by atoms with Crippen LogP contribution in [0.4, 0.5) is 14.9 Å². The van der Waals surface area contributed by atoms with Gasteiger partial charge in [0.2, 0.25) is 11.7 Å². The van der Waals surface area contributed by atoms with Crippen molar-refractivity contribution in [1.29, 1.82) is 0 Å². The highest BCUT2D eigenvalue weighted by atomic mass is 35.5. The van der Waals surface area contributed by atoms with E-state index in [1.807, 2.05) is 32.9 Å². The van der Waals surface area contributed by atoms with E-state index in [1.54, 1.807) is 39.0 Å². The highest BCUT2D eigenvalue weighted by molar-refractivity contribution is 7.99. The third-order valence-corrected chi connectivity index (χ3v) is 6.95. The van der Waals surface area contributed by atoms with Gasteiger partial charge in [0.15, 0.2) is 0 Å². The first-order valence-corrected chi connectivity index (χ1v) is 13.4. The van der Waals surface area contributed by atoms with Gasteiger partial charge in [-0.1, -0.05) is 49.7 Å². The molecule has 1 aliphatic rings. The van der Waals surface area contributed by atoms with Gasteiger partial charge in [-0.15, -0.1) is 11.8 Å². The Kier molecular flexibility index (Phi) is 7.76. The molecule has 2 aromatic carbocycles. The van der Waals surface area contributed by atoms with Crippen LogP contribution in [0.5, 0.6) is 0 Å². The van der Waals surface area contributed by atoms with Crippen LogP contribution in [-0.4, -0.2) is 39.5 Å². The van der Waals surface area contributed by atoms with Crippen LogP contribution in [0.15, 0.2) is 45.8 Å². The van der Waals surface area contributed by atoms with Crippen LogP contribution in [-0.2, 0) is 21.5 Å². The summed E-state index contributed by atoms with van der Waals surface area (Å²) in [5.74, 6) is -0.260. The maximum Gasteiger partial charge on any atom is 0.408 e. The SMILES string of the molecule is CC(C)(C)OC(=O)N[C@H]1CSc2cc(F)c(-c3noc(C(C)(C)C)n3)cc2N(Cc2ccc(Cl)cc2)C1=O. The third kappa shape index (κ3) is 6.47. The molecule has 0 saturated heterocycles. The first kappa shape index (κ1) is 27.9. The molecule has 0 spiro atoms. The van der Waals surface area contributed by atoms with Crippen molar-refractivity contribution in [2.45, 2.75) is 70.0 Å². The van der Waals surface area contributed by atoms with Crippen molar-refractivity contribution in [2.75, 3.05) is 10.7 Å². The van der Waals surface area contributed by atoms with E-state index in [1.165, 1.54) is 22.7 Å². The lowest BCUT2D eigenvalue weighted by molar-refractivity contribution is -0.120. The van der Waals surface area contributed by atoms with Gasteiger partial charge in [0.1, 0.15) is 17.5 Å². The Morgan fingerprint density at radius 1 is 1.21 bits per heavy atom. The molecule has 11 heteroatoms. The molecule has 1 N–H and O–H groups in total. The number of alkyl carbamates (subject to hydrolysis) is 1. The maximum absolute atomic E-state index is 15.3. The van der Waals surface area contributed by atoms with Crippen molar-refractivity contribution in [3.05, 3.63) is 58.7 Å². The largest absolute Gasteiger partial charge is 0.444 e. The molecule has 38 heavy (non-hydrogen) atoms. The van der Waals surface area contributed by atoms with Gasteiger partial charge in [0, 0.05) is 21.1 Å². The molecule has 202 valence electrons. The summed E-state index contributed by atoms with van der Waals surface area (Å²) >= 11 is 7.32. The van der Waals surface area contributed by atoms with E-state index < -0.39 is 29.0 Å². The zero-order chi connectivity index (χ0) is 27.8. The molecule has 0 bridgehead atoms. The van der Waals surface area contributed by atoms with Gasteiger partial charge in [-0.3, -0.25) is 4.79 Å².